The number of benzene rings is 1. The molecule has 20 heavy (non-hydrogen) atoms. The SMILES string of the molecule is COC(=O)C(C)CN(C)C(=O)C=Cc1ccccc1Cl. The van der Waals surface area contributed by atoms with E-state index in [2.05, 4.69) is 4.74 Å². The lowest BCUT2D eigenvalue weighted by Gasteiger charge is -2.18. The molecule has 0 spiro atoms. The highest BCUT2D eigenvalue weighted by Crippen LogP contribution is 2.16. The first kappa shape index (κ1) is 16.2. The molecule has 108 valence electrons. The van der Waals surface area contributed by atoms with Gasteiger partial charge in [0, 0.05) is 24.7 Å². The number of amides is 1. The summed E-state index contributed by atoms with van der Waals surface area (Å²) in [6, 6.07) is 7.25. The number of nitrogens with zero attached hydrogens (tertiary/aromatic N) is 1. The van der Waals surface area contributed by atoms with Crippen molar-refractivity contribution in [1.29, 1.82) is 0 Å². The lowest BCUT2D eigenvalue weighted by molar-refractivity contribution is -0.145. The van der Waals surface area contributed by atoms with Gasteiger partial charge < -0.3 is 9.64 Å². The fraction of sp³-hybridized carbons (Fsp3) is 0.333. The van der Waals surface area contributed by atoms with E-state index in [1.54, 1.807) is 26.1 Å². The van der Waals surface area contributed by atoms with Crippen LogP contribution in [0, 0.1) is 5.92 Å². The summed E-state index contributed by atoms with van der Waals surface area (Å²) < 4.78 is 4.63. The van der Waals surface area contributed by atoms with Gasteiger partial charge in [0.2, 0.25) is 5.91 Å². The van der Waals surface area contributed by atoms with E-state index in [9.17, 15) is 9.59 Å². The van der Waals surface area contributed by atoms with Crippen LogP contribution < -0.4 is 0 Å². The number of likely N-dealkylation sites (N-methyl/N-ethyl adjacent to an activating group) is 1. The summed E-state index contributed by atoms with van der Waals surface area (Å²) in [6.45, 7) is 2.02. The standard InChI is InChI=1S/C15H18ClNO3/c1-11(15(19)20-3)10-17(2)14(18)9-8-12-6-4-5-7-13(12)16/h4-9,11H,10H2,1-3H3. The van der Waals surface area contributed by atoms with Crippen molar-refractivity contribution in [2.45, 2.75) is 6.92 Å². The summed E-state index contributed by atoms with van der Waals surface area (Å²) in [5.74, 6) is -0.886. The van der Waals surface area contributed by atoms with Gasteiger partial charge in [0.15, 0.2) is 0 Å². The van der Waals surface area contributed by atoms with Gasteiger partial charge in [-0.3, -0.25) is 9.59 Å². The van der Waals surface area contributed by atoms with E-state index >= 15 is 0 Å². The Balaban J connectivity index is 2.62. The Morgan fingerprint density at radius 1 is 1.40 bits per heavy atom. The molecule has 0 aliphatic heterocycles. The molecule has 0 bridgehead atoms. The zero-order valence-corrected chi connectivity index (χ0v) is 12.6. The number of carbonyl (C=O) groups is 2. The maximum Gasteiger partial charge on any atom is 0.310 e. The highest BCUT2D eigenvalue weighted by molar-refractivity contribution is 6.32. The molecule has 0 fully saturated rings. The maximum absolute atomic E-state index is 11.9. The van der Waals surface area contributed by atoms with Crippen LogP contribution in [0.25, 0.3) is 6.08 Å². The fourth-order valence-corrected chi connectivity index (χ4v) is 1.87. The highest BCUT2D eigenvalue weighted by Gasteiger charge is 2.17. The molecule has 0 radical (unpaired) electrons. The quantitative estimate of drug-likeness (QED) is 0.620. The van der Waals surface area contributed by atoms with Crippen LogP contribution in [0.3, 0.4) is 0 Å². The molecule has 0 saturated carbocycles. The second-order valence-electron chi connectivity index (χ2n) is 4.50. The topological polar surface area (TPSA) is 46.6 Å². The number of esters is 1. The summed E-state index contributed by atoms with van der Waals surface area (Å²) in [6.07, 6.45) is 3.09. The smallest absolute Gasteiger partial charge is 0.310 e. The minimum atomic E-state index is -0.359. The first-order valence-corrected chi connectivity index (χ1v) is 6.59. The molecule has 1 atom stereocenters. The summed E-state index contributed by atoms with van der Waals surface area (Å²) in [5.41, 5.74) is 0.775. The second kappa shape index (κ2) is 7.70. The average Bonchev–Trinajstić information content (AvgIpc) is 2.44. The lowest BCUT2D eigenvalue weighted by Crippen LogP contribution is -2.33. The van der Waals surface area contributed by atoms with Crippen LogP contribution in [0.1, 0.15) is 12.5 Å². The van der Waals surface area contributed by atoms with Crippen molar-refractivity contribution in [3.8, 4) is 0 Å². The van der Waals surface area contributed by atoms with Gasteiger partial charge in [-0.05, 0) is 17.7 Å². The third kappa shape index (κ3) is 4.70. The van der Waals surface area contributed by atoms with Crippen molar-refractivity contribution < 1.29 is 14.3 Å². The van der Waals surface area contributed by atoms with Crippen LogP contribution in [0.4, 0.5) is 0 Å². The fourth-order valence-electron chi connectivity index (χ4n) is 1.68. The van der Waals surface area contributed by atoms with E-state index in [4.69, 9.17) is 11.6 Å². The van der Waals surface area contributed by atoms with Crippen LogP contribution >= 0.6 is 11.6 Å². The molecule has 0 heterocycles. The van der Waals surface area contributed by atoms with E-state index < -0.39 is 0 Å². The molecule has 1 unspecified atom stereocenters. The lowest BCUT2D eigenvalue weighted by atomic mass is 10.1. The van der Waals surface area contributed by atoms with Crippen molar-refractivity contribution >= 4 is 29.6 Å². The van der Waals surface area contributed by atoms with Gasteiger partial charge in [-0.2, -0.15) is 0 Å². The average molecular weight is 296 g/mol. The minimum absolute atomic E-state index is 0.194. The Hall–Kier alpha value is -1.81. The number of ether oxygens (including phenoxy) is 1. The van der Waals surface area contributed by atoms with Gasteiger partial charge in [-0.1, -0.05) is 36.7 Å². The number of methoxy groups -OCH3 is 1. The van der Waals surface area contributed by atoms with Crippen molar-refractivity contribution in [2.75, 3.05) is 20.7 Å². The zero-order chi connectivity index (χ0) is 15.1. The normalized spacial score (nSPS) is 12.2. The first-order chi connectivity index (χ1) is 9.45. The first-order valence-electron chi connectivity index (χ1n) is 6.21. The van der Waals surface area contributed by atoms with Gasteiger partial charge >= 0.3 is 5.97 Å². The van der Waals surface area contributed by atoms with Crippen LogP contribution in [0.5, 0.6) is 0 Å². The van der Waals surface area contributed by atoms with Crippen LogP contribution in [0.15, 0.2) is 30.3 Å². The van der Waals surface area contributed by atoms with E-state index in [1.807, 2.05) is 18.2 Å². The van der Waals surface area contributed by atoms with Crippen LogP contribution in [0.2, 0.25) is 5.02 Å². The van der Waals surface area contributed by atoms with Crippen LogP contribution in [-0.2, 0) is 14.3 Å². The predicted molar refractivity (Wildman–Crippen MR) is 79.3 cm³/mol. The highest BCUT2D eigenvalue weighted by atomic mass is 35.5. The molecule has 0 aliphatic carbocycles. The molecule has 0 aliphatic rings. The summed E-state index contributed by atoms with van der Waals surface area (Å²) in [7, 11) is 2.97. The summed E-state index contributed by atoms with van der Waals surface area (Å²) in [4.78, 5) is 24.7. The number of hydrogen-bond acceptors (Lipinski definition) is 3. The van der Waals surface area contributed by atoms with Gasteiger partial charge in [-0.15, -0.1) is 0 Å². The van der Waals surface area contributed by atoms with Crippen molar-refractivity contribution in [1.82, 2.24) is 4.90 Å². The Morgan fingerprint density at radius 3 is 2.65 bits per heavy atom. The van der Waals surface area contributed by atoms with E-state index in [-0.39, 0.29) is 17.8 Å². The number of hydrogen-bond donors (Lipinski definition) is 0. The number of rotatable bonds is 5. The van der Waals surface area contributed by atoms with Crippen molar-refractivity contribution in [2.24, 2.45) is 5.92 Å². The van der Waals surface area contributed by atoms with Crippen molar-refractivity contribution in [3.63, 3.8) is 0 Å². The maximum atomic E-state index is 11.9. The predicted octanol–water partition coefficient (Wildman–Crippen LogP) is 2.62. The van der Waals surface area contributed by atoms with Crippen LogP contribution in [-0.4, -0.2) is 37.5 Å². The minimum Gasteiger partial charge on any atom is -0.469 e. The van der Waals surface area contributed by atoms with E-state index in [1.165, 1.54) is 18.1 Å². The molecule has 4 nitrogen and oxygen atoms in total. The monoisotopic (exact) mass is 295 g/mol. The molecule has 1 rings (SSSR count). The zero-order valence-electron chi connectivity index (χ0n) is 11.8. The molecular formula is C15H18ClNO3. The van der Waals surface area contributed by atoms with E-state index in [0.29, 0.717) is 11.6 Å². The van der Waals surface area contributed by atoms with Crippen molar-refractivity contribution in [3.05, 3.63) is 40.9 Å². The Bertz CT molecular complexity index is 514. The number of carbonyl (C=O) groups excluding carboxylic acids is 2. The molecule has 1 amide bonds. The summed E-state index contributed by atoms with van der Waals surface area (Å²) in [5, 5.41) is 0.585. The molecule has 1 aromatic rings. The van der Waals surface area contributed by atoms with Gasteiger partial charge in [0.1, 0.15) is 0 Å². The second-order valence-corrected chi connectivity index (χ2v) is 4.91. The number of halogens is 1. The Morgan fingerprint density at radius 2 is 2.05 bits per heavy atom. The largest absolute Gasteiger partial charge is 0.469 e. The van der Waals surface area contributed by atoms with Gasteiger partial charge in [0.25, 0.3) is 0 Å². The van der Waals surface area contributed by atoms with Gasteiger partial charge in [0.05, 0.1) is 13.0 Å². The molecule has 0 N–H and O–H groups in total. The molecule has 1 aromatic carbocycles. The Kier molecular flexibility index (Phi) is 6.25. The third-order valence-corrected chi connectivity index (χ3v) is 3.18. The summed E-state index contributed by atoms with van der Waals surface area (Å²) >= 11 is 5.99. The molecule has 5 heteroatoms. The molecular weight excluding hydrogens is 278 g/mol. The third-order valence-electron chi connectivity index (χ3n) is 2.84. The van der Waals surface area contributed by atoms with Gasteiger partial charge in [-0.25, -0.2) is 0 Å². The molecule has 0 aromatic heterocycles. The molecule has 0 saturated heterocycles. The van der Waals surface area contributed by atoms with E-state index in [0.717, 1.165) is 5.56 Å². The Labute approximate surface area is 124 Å².